The fourth-order valence-electron chi connectivity index (χ4n) is 2.43. The molecule has 108 valence electrons. The summed E-state index contributed by atoms with van der Waals surface area (Å²) in [5.74, 6) is 0.781. The van der Waals surface area contributed by atoms with Gasteiger partial charge in [0, 0.05) is 13.1 Å². The molecular formula is C13H17ClN4O2. The van der Waals surface area contributed by atoms with Gasteiger partial charge in [-0.2, -0.15) is 4.98 Å². The zero-order valence-electron chi connectivity index (χ0n) is 11.5. The van der Waals surface area contributed by atoms with Crippen molar-refractivity contribution in [1.82, 2.24) is 14.6 Å². The summed E-state index contributed by atoms with van der Waals surface area (Å²) < 4.78 is 7.02. The van der Waals surface area contributed by atoms with Crippen LogP contribution < -0.4 is 4.90 Å². The van der Waals surface area contributed by atoms with E-state index < -0.39 is 5.60 Å². The number of fused-ring (bicyclic) bond motifs is 1. The van der Waals surface area contributed by atoms with Gasteiger partial charge >= 0.3 is 0 Å². The highest BCUT2D eigenvalue weighted by atomic mass is 35.5. The van der Waals surface area contributed by atoms with E-state index in [1.165, 1.54) is 0 Å². The summed E-state index contributed by atoms with van der Waals surface area (Å²) in [6.07, 6.45) is 0. The Kier molecular flexibility index (Phi) is 3.32. The van der Waals surface area contributed by atoms with Crippen LogP contribution in [0.3, 0.4) is 0 Å². The Morgan fingerprint density at radius 1 is 1.30 bits per heavy atom. The molecule has 0 bridgehead atoms. The van der Waals surface area contributed by atoms with Crippen molar-refractivity contribution in [2.45, 2.75) is 19.4 Å². The van der Waals surface area contributed by atoms with Gasteiger partial charge in [-0.05, 0) is 37.6 Å². The van der Waals surface area contributed by atoms with Crippen LogP contribution in [0.2, 0.25) is 5.28 Å². The molecule has 3 heterocycles. The Morgan fingerprint density at radius 3 is 2.65 bits per heavy atom. The van der Waals surface area contributed by atoms with Crippen LogP contribution in [-0.4, -0.2) is 46.0 Å². The summed E-state index contributed by atoms with van der Waals surface area (Å²) in [4.78, 5) is 6.47. The lowest BCUT2D eigenvalue weighted by Gasteiger charge is -2.28. The van der Waals surface area contributed by atoms with E-state index in [9.17, 15) is 5.11 Å². The summed E-state index contributed by atoms with van der Waals surface area (Å²) in [6.45, 7) is 6.33. The maximum atomic E-state index is 10.2. The molecule has 1 aliphatic heterocycles. The summed E-state index contributed by atoms with van der Waals surface area (Å²) >= 11 is 6.04. The molecule has 0 amide bonds. The topological polar surface area (TPSA) is 62.9 Å². The largest absolute Gasteiger partial charge is 0.384 e. The Labute approximate surface area is 121 Å². The first-order valence-electron chi connectivity index (χ1n) is 6.57. The van der Waals surface area contributed by atoms with Gasteiger partial charge in [-0.1, -0.05) is 0 Å². The van der Waals surface area contributed by atoms with Crippen LogP contribution in [0.5, 0.6) is 0 Å². The Hall–Kier alpha value is -1.37. The molecule has 20 heavy (non-hydrogen) atoms. The molecule has 2 aromatic rings. The Morgan fingerprint density at radius 2 is 2.00 bits per heavy atom. The van der Waals surface area contributed by atoms with Crippen LogP contribution in [0.25, 0.3) is 5.52 Å². The van der Waals surface area contributed by atoms with Gasteiger partial charge in [0.1, 0.15) is 11.1 Å². The van der Waals surface area contributed by atoms with Gasteiger partial charge in [-0.3, -0.25) is 0 Å². The van der Waals surface area contributed by atoms with Crippen molar-refractivity contribution >= 4 is 22.9 Å². The second-order valence-electron chi connectivity index (χ2n) is 5.38. The van der Waals surface area contributed by atoms with E-state index in [1.54, 1.807) is 18.4 Å². The van der Waals surface area contributed by atoms with E-state index in [2.05, 4.69) is 15.0 Å². The molecule has 1 saturated heterocycles. The van der Waals surface area contributed by atoms with E-state index in [1.807, 2.05) is 12.1 Å². The summed E-state index contributed by atoms with van der Waals surface area (Å²) in [5.41, 5.74) is 0.534. The number of morpholine rings is 1. The third kappa shape index (κ3) is 2.34. The number of halogens is 1. The number of nitrogens with zero attached hydrogens (tertiary/aromatic N) is 4. The number of hydrogen-bond acceptors (Lipinski definition) is 5. The highest BCUT2D eigenvalue weighted by Crippen LogP contribution is 2.28. The van der Waals surface area contributed by atoms with Crippen LogP contribution >= 0.6 is 11.6 Å². The molecule has 1 aliphatic rings. The first kappa shape index (κ1) is 13.6. The van der Waals surface area contributed by atoms with Crippen molar-refractivity contribution in [1.29, 1.82) is 0 Å². The summed E-state index contributed by atoms with van der Waals surface area (Å²) in [5, 5.41) is 14.6. The van der Waals surface area contributed by atoms with Gasteiger partial charge in [-0.15, -0.1) is 5.10 Å². The average Bonchev–Trinajstić information content (AvgIpc) is 2.82. The predicted molar refractivity (Wildman–Crippen MR) is 76.3 cm³/mol. The van der Waals surface area contributed by atoms with E-state index in [4.69, 9.17) is 16.3 Å². The molecule has 1 N–H and O–H groups in total. The lowest BCUT2D eigenvalue weighted by molar-refractivity contribution is 0.0719. The van der Waals surface area contributed by atoms with Gasteiger partial charge in [0.15, 0.2) is 5.82 Å². The van der Waals surface area contributed by atoms with Crippen LogP contribution in [0.1, 0.15) is 19.5 Å². The second-order valence-corrected chi connectivity index (χ2v) is 5.72. The number of rotatable bonds is 2. The van der Waals surface area contributed by atoms with E-state index in [0.717, 1.165) is 24.4 Å². The SMILES string of the molecule is CC(C)(O)c1ccc2c(N3CCOCC3)nc(Cl)nn12. The quantitative estimate of drug-likeness (QED) is 0.909. The van der Waals surface area contributed by atoms with Crippen LogP contribution in [0, 0.1) is 0 Å². The fourth-order valence-corrected chi connectivity index (χ4v) is 2.58. The van der Waals surface area contributed by atoms with Crippen molar-refractivity contribution in [3.63, 3.8) is 0 Å². The van der Waals surface area contributed by atoms with E-state index in [0.29, 0.717) is 18.9 Å². The average molecular weight is 297 g/mol. The zero-order chi connectivity index (χ0) is 14.3. The lowest BCUT2D eigenvalue weighted by Crippen LogP contribution is -2.37. The lowest BCUT2D eigenvalue weighted by atomic mass is 10.1. The van der Waals surface area contributed by atoms with Crippen molar-refractivity contribution in [3.05, 3.63) is 23.1 Å². The summed E-state index contributed by atoms with van der Waals surface area (Å²) in [6, 6.07) is 3.76. The van der Waals surface area contributed by atoms with Crippen molar-refractivity contribution in [2.24, 2.45) is 0 Å². The number of anilines is 1. The van der Waals surface area contributed by atoms with Crippen molar-refractivity contribution in [3.8, 4) is 0 Å². The molecular weight excluding hydrogens is 280 g/mol. The smallest absolute Gasteiger partial charge is 0.243 e. The standard InChI is InChI=1S/C13H17ClN4O2/c1-13(2,19)10-4-3-9-11(15-12(14)16-18(9)10)17-5-7-20-8-6-17/h3-4,19H,5-8H2,1-2H3. The Bertz CT molecular complexity index is 629. The molecule has 0 unspecified atom stereocenters. The van der Waals surface area contributed by atoms with Crippen molar-refractivity contribution in [2.75, 3.05) is 31.2 Å². The van der Waals surface area contributed by atoms with Gasteiger partial charge in [0.25, 0.3) is 0 Å². The molecule has 0 atom stereocenters. The highest BCUT2D eigenvalue weighted by molar-refractivity contribution is 6.28. The fraction of sp³-hybridized carbons (Fsp3) is 0.538. The maximum Gasteiger partial charge on any atom is 0.243 e. The molecule has 7 heteroatoms. The third-order valence-electron chi connectivity index (χ3n) is 3.40. The van der Waals surface area contributed by atoms with Crippen molar-refractivity contribution < 1.29 is 9.84 Å². The molecule has 0 aromatic carbocycles. The normalized spacial score (nSPS) is 16.9. The van der Waals surface area contributed by atoms with Crippen LogP contribution in [-0.2, 0) is 10.3 Å². The monoisotopic (exact) mass is 296 g/mol. The van der Waals surface area contributed by atoms with Gasteiger partial charge in [0.2, 0.25) is 5.28 Å². The molecule has 3 rings (SSSR count). The van der Waals surface area contributed by atoms with Gasteiger partial charge in [0.05, 0.1) is 18.9 Å². The second kappa shape index (κ2) is 4.87. The Balaban J connectivity index is 2.15. The summed E-state index contributed by atoms with van der Waals surface area (Å²) in [7, 11) is 0. The zero-order valence-corrected chi connectivity index (χ0v) is 12.3. The minimum atomic E-state index is -0.994. The molecule has 2 aromatic heterocycles. The number of aliphatic hydroxyl groups is 1. The number of aromatic nitrogens is 3. The van der Waals surface area contributed by atoms with Gasteiger partial charge in [-0.25, -0.2) is 4.52 Å². The molecule has 0 spiro atoms. The minimum absolute atomic E-state index is 0.167. The predicted octanol–water partition coefficient (Wildman–Crippen LogP) is 1.45. The molecule has 1 fully saturated rings. The van der Waals surface area contributed by atoms with Crippen LogP contribution in [0.15, 0.2) is 12.1 Å². The third-order valence-corrected chi connectivity index (χ3v) is 3.56. The molecule has 0 saturated carbocycles. The minimum Gasteiger partial charge on any atom is -0.384 e. The molecule has 0 radical (unpaired) electrons. The first-order valence-corrected chi connectivity index (χ1v) is 6.95. The number of ether oxygens (including phenoxy) is 1. The van der Waals surface area contributed by atoms with Crippen LogP contribution in [0.4, 0.5) is 5.82 Å². The maximum absolute atomic E-state index is 10.2. The molecule has 0 aliphatic carbocycles. The van der Waals surface area contributed by atoms with E-state index in [-0.39, 0.29) is 5.28 Å². The molecule has 6 nitrogen and oxygen atoms in total. The van der Waals surface area contributed by atoms with Gasteiger partial charge < -0.3 is 14.7 Å². The van der Waals surface area contributed by atoms with E-state index >= 15 is 0 Å². The highest BCUT2D eigenvalue weighted by Gasteiger charge is 2.24. The first-order chi connectivity index (χ1) is 9.47. The number of hydrogen-bond donors (Lipinski definition) is 1.